The molecule has 0 bridgehead atoms. The summed E-state index contributed by atoms with van der Waals surface area (Å²) in [4.78, 5) is 10.6. The van der Waals surface area contributed by atoms with Crippen molar-refractivity contribution in [2.24, 2.45) is 0 Å². The van der Waals surface area contributed by atoms with Gasteiger partial charge in [-0.15, -0.1) is 0 Å². The van der Waals surface area contributed by atoms with Crippen LogP contribution in [0.2, 0.25) is 0 Å². The Kier molecular flexibility index (Phi) is 4.28. The van der Waals surface area contributed by atoms with Crippen LogP contribution < -0.4 is 5.32 Å². The highest BCUT2D eigenvalue weighted by Crippen LogP contribution is 2.15. The summed E-state index contributed by atoms with van der Waals surface area (Å²) in [5.41, 5.74) is -0.0787. The Morgan fingerprint density at radius 2 is 2.11 bits per heavy atom. The number of sulfone groups is 1. The van der Waals surface area contributed by atoms with Crippen LogP contribution in [0, 0.1) is 5.82 Å². The predicted octanol–water partition coefficient (Wildman–Crippen LogP) is 1.37. The van der Waals surface area contributed by atoms with Crippen LogP contribution in [0.1, 0.15) is 17.3 Å². The third kappa shape index (κ3) is 4.33. The van der Waals surface area contributed by atoms with E-state index in [0.717, 1.165) is 18.4 Å². The van der Waals surface area contributed by atoms with Crippen molar-refractivity contribution in [1.82, 2.24) is 0 Å². The molecule has 0 spiro atoms. The standard InChI is InChI=1S/C11H14FNO4S/c1-7(6-18(2,16)17)13-8-3-4-9(11(14)15)10(12)5-8/h3-5,7,13H,6H2,1-2H3,(H,14,15). The molecule has 1 aromatic carbocycles. The normalized spacial score (nSPS) is 13.1. The molecule has 0 saturated carbocycles. The molecule has 0 aliphatic heterocycles. The largest absolute Gasteiger partial charge is 0.478 e. The van der Waals surface area contributed by atoms with E-state index in [2.05, 4.69) is 5.32 Å². The highest BCUT2D eigenvalue weighted by atomic mass is 32.2. The topological polar surface area (TPSA) is 83.5 Å². The van der Waals surface area contributed by atoms with E-state index in [0.29, 0.717) is 5.69 Å². The maximum atomic E-state index is 13.4. The van der Waals surface area contributed by atoms with Crippen molar-refractivity contribution in [2.75, 3.05) is 17.3 Å². The highest BCUT2D eigenvalue weighted by Gasteiger charge is 2.13. The minimum Gasteiger partial charge on any atom is -0.478 e. The number of anilines is 1. The lowest BCUT2D eigenvalue weighted by atomic mass is 10.2. The Balaban J connectivity index is 2.81. The number of hydrogen-bond acceptors (Lipinski definition) is 4. The first kappa shape index (κ1) is 14.4. The van der Waals surface area contributed by atoms with Crippen LogP contribution in [-0.4, -0.2) is 37.5 Å². The molecule has 1 unspecified atom stereocenters. The molecule has 0 fully saturated rings. The summed E-state index contributed by atoms with van der Waals surface area (Å²) in [6.45, 7) is 1.64. The number of carboxylic acid groups (broad SMARTS) is 1. The molecule has 0 aliphatic rings. The van der Waals surface area contributed by atoms with Crippen molar-refractivity contribution in [3.63, 3.8) is 0 Å². The fourth-order valence-corrected chi connectivity index (χ4v) is 2.55. The fraction of sp³-hybridized carbons (Fsp3) is 0.364. The molecule has 0 heterocycles. The number of nitrogens with one attached hydrogen (secondary N) is 1. The number of aromatic carboxylic acids is 1. The van der Waals surface area contributed by atoms with E-state index in [9.17, 15) is 17.6 Å². The second-order valence-electron chi connectivity index (χ2n) is 4.14. The first-order valence-corrected chi connectivity index (χ1v) is 7.22. The monoisotopic (exact) mass is 275 g/mol. The van der Waals surface area contributed by atoms with Gasteiger partial charge < -0.3 is 10.4 Å². The number of carboxylic acids is 1. The van der Waals surface area contributed by atoms with Gasteiger partial charge in [-0.25, -0.2) is 17.6 Å². The molecular formula is C11H14FNO4S. The minimum absolute atomic E-state index is 0.0880. The molecule has 0 aliphatic carbocycles. The SMILES string of the molecule is CC(CS(C)(=O)=O)Nc1ccc(C(=O)O)c(F)c1. The lowest BCUT2D eigenvalue weighted by Gasteiger charge is -2.14. The molecule has 5 nitrogen and oxygen atoms in total. The fourth-order valence-electron chi connectivity index (χ4n) is 1.56. The van der Waals surface area contributed by atoms with Crippen molar-refractivity contribution in [2.45, 2.75) is 13.0 Å². The van der Waals surface area contributed by atoms with Gasteiger partial charge in [-0.1, -0.05) is 0 Å². The quantitative estimate of drug-likeness (QED) is 0.848. The summed E-state index contributed by atoms with van der Waals surface area (Å²) in [5.74, 6) is -2.29. The predicted molar refractivity (Wildman–Crippen MR) is 66.2 cm³/mol. The van der Waals surface area contributed by atoms with Crippen LogP contribution in [-0.2, 0) is 9.84 Å². The number of hydrogen-bond donors (Lipinski definition) is 2. The van der Waals surface area contributed by atoms with E-state index in [-0.39, 0.29) is 5.75 Å². The smallest absolute Gasteiger partial charge is 0.338 e. The minimum atomic E-state index is -3.13. The van der Waals surface area contributed by atoms with Crippen LogP contribution in [0.4, 0.5) is 10.1 Å². The van der Waals surface area contributed by atoms with E-state index in [4.69, 9.17) is 5.11 Å². The Labute approximate surface area is 105 Å². The Morgan fingerprint density at radius 3 is 2.56 bits per heavy atom. The molecule has 0 amide bonds. The molecule has 1 atom stereocenters. The van der Waals surface area contributed by atoms with Crippen molar-refractivity contribution in [1.29, 1.82) is 0 Å². The van der Waals surface area contributed by atoms with Crippen molar-refractivity contribution >= 4 is 21.5 Å². The number of benzene rings is 1. The molecule has 1 aromatic rings. The molecule has 18 heavy (non-hydrogen) atoms. The number of rotatable bonds is 5. The van der Waals surface area contributed by atoms with Gasteiger partial charge in [0.15, 0.2) is 0 Å². The summed E-state index contributed by atoms with van der Waals surface area (Å²) in [6.07, 6.45) is 1.11. The van der Waals surface area contributed by atoms with Gasteiger partial charge >= 0.3 is 5.97 Å². The Morgan fingerprint density at radius 1 is 1.50 bits per heavy atom. The average molecular weight is 275 g/mol. The molecule has 2 N–H and O–H groups in total. The van der Waals surface area contributed by atoms with Gasteiger partial charge in [0.05, 0.1) is 11.3 Å². The first-order chi connectivity index (χ1) is 8.19. The van der Waals surface area contributed by atoms with Gasteiger partial charge in [-0.05, 0) is 25.1 Å². The number of carbonyl (C=O) groups is 1. The first-order valence-electron chi connectivity index (χ1n) is 5.16. The third-order valence-electron chi connectivity index (χ3n) is 2.17. The zero-order valence-electron chi connectivity index (χ0n) is 9.97. The lowest BCUT2D eigenvalue weighted by Crippen LogP contribution is -2.25. The maximum absolute atomic E-state index is 13.4. The summed E-state index contributed by atoms with van der Waals surface area (Å²) in [6, 6.07) is 3.16. The van der Waals surface area contributed by atoms with Crippen LogP contribution in [0.3, 0.4) is 0 Å². The van der Waals surface area contributed by atoms with Gasteiger partial charge in [-0.3, -0.25) is 0 Å². The van der Waals surface area contributed by atoms with Gasteiger partial charge in [0.2, 0.25) is 0 Å². The molecule has 1 rings (SSSR count). The molecule has 7 heteroatoms. The van der Waals surface area contributed by atoms with E-state index in [1.165, 1.54) is 6.07 Å². The average Bonchev–Trinajstić information content (AvgIpc) is 2.13. The van der Waals surface area contributed by atoms with Crippen LogP contribution in [0.5, 0.6) is 0 Å². The van der Waals surface area contributed by atoms with Crippen molar-refractivity contribution in [3.05, 3.63) is 29.6 Å². The van der Waals surface area contributed by atoms with E-state index in [1.807, 2.05) is 0 Å². The van der Waals surface area contributed by atoms with Gasteiger partial charge in [-0.2, -0.15) is 0 Å². The zero-order chi connectivity index (χ0) is 13.9. The van der Waals surface area contributed by atoms with Crippen molar-refractivity contribution in [3.8, 4) is 0 Å². The van der Waals surface area contributed by atoms with Crippen molar-refractivity contribution < 1.29 is 22.7 Å². The molecule has 0 saturated heterocycles. The summed E-state index contributed by atoms with van der Waals surface area (Å²) in [7, 11) is -3.13. The second-order valence-corrected chi connectivity index (χ2v) is 6.32. The maximum Gasteiger partial charge on any atom is 0.338 e. The summed E-state index contributed by atoms with van der Waals surface area (Å²) < 4.78 is 35.5. The molecule has 0 radical (unpaired) electrons. The van der Waals surface area contributed by atoms with Gasteiger partial charge in [0, 0.05) is 18.0 Å². The Hall–Kier alpha value is -1.63. The highest BCUT2D eigenvalue weighted by molar-refractivity contribution is 7.90. The molecular weight excluding hydrogens is 261 g/mol. The molecule has 0 aromatic heterocycles. The summed E-state index contributed by atoms with van der Waals surface area (Å²) in [5, 5.41) is 11.4. The zero-order valence-corrected chi connectivity index (χ0v) is 10.8. The van der Waals surface area contributed by atoms with Gasteiger partial charge in [0.25, 0.3) is 0 Å². The Bertz CT molecular complexity index is 556. The third-order valence-corrected chi connectivity index (χ3v) is 3.27. The lowest BCUT2D eigenvalue weighted by molar-refractivity contribution is 0.0692. The van der Waals surface area contributed by atoms with E-state index in [1.54, 1.807) is 6.92 Å². The second kappa shape index (κ2) is 5.34. The molecule has 100 valence electrons. The van der Waals surface area contributed by atoms with Crippen LogP contribution >= 0.6 is 0 Å². The van der Waals surface area contributed by atoms with Crippen LogP contribution in [0.15, 0.2) is 18.2 Å². The van der Waals surface area contributed by atoms with E-state index < -0.39 is 33.2 Å². The number of halogens is 1. The summed E-state index contributed by atoms with van der Waals surface area (Å²) >= 11 is 0. The van der Waals surface area contributed by atoms with E-state index >= 15 is 0 Å². The van der Waals surface area contributed by atoms with Crippen LogP contribution in [0.25, 0.3) is 0 Å². The van der Waals surface area contributed by atoms with Gasteiger partial charge in [0.1, 0.15) is 15.7 Å².